The minimum absolute atomic E-state index is 0.0138. The van der Waals surface area contributed by atoms with Gasteiger partial charge in [0.15, 0.2) is 0 Å². The van der Waals surface area contributed by atoms with E-state index in [0.29, 0.717) is 17.4 Å². The summed E-state index contributed by atoms with van der Waals surface area (Å²) in [5.41, 5.74) is 0.791. The van der Waals surface area contributed by atoms with Crippen molar-refractivity contribution in [3.8, 4) is 0 Å². The van der Waals surface area contributed by atoms with Gasteiger partial charge in [0.1, 0.15) is 0 Å². The molecule has 0 atom stereocenters. The first-order valence-corrected chi connectivity index (χ1v) is 7.26. The van der Waals surface area contributed by atoms with Gasteiger partial charge in [0.2, 0.25) is 0 Å². The van der Waals surface area contributed by atoms with Crippen molar-refractivity contribution in [2.75, 3.05) is 18.0 Å². The lowest BCUT2D eigenvalue weighted by molar-refractivity contribution is -0.384. The summed E-state index contributed by atoms with van der Waals surface area (Å²) < 4.78 is 0. The van der Waals surface area contributed by atoms with Crippen LogP contribution in [0.25, 0.3) is 0 Å². The summed E-state index contributed by atoms with van der Waals surface area (Å²) in [5, 5.41) is 19.8. The summed E-state index contributed by atoms with van der Waals surface area (Å²) in [6.45, 7) is 1.59. The maximum atomic E-state index is 10.7. The Hall–Kier alpha value is -1.82. The minimum atomic E-state index is -0.754. The number of carboxylic acids is 1. The summed E-state index contributed by atoms with van der Waals surface area (Å²) in [4.78, 5) is 22.9. The molecule has 2 rings (SSSR count). The van der Waals surface area contributed by atoms with Crippen LogP contribution in [0.4, 0.5) is 11.4 Å². The second-order valence-corrected chi connectivity index (χ2v) is 5.66. The molecule has 114 valence electrons. The highest BCUT2D eigenvalue weighted by Gasteiger charge is 2.22. The number of halogens is 1. The number of rotatable bonds is 5. The van der Waals surface area contributed by atoms with Gasteiger partial charge >= 0.3 is 5.97 Å². The molecule has 0 aliphatic carbocycles. The maximum absolute atomic E-state index is 10.7. The van der Waals surface area contributed by atoms with E-state index in [0.717, 1.165) is 31.6 Å². The molecule has 0 amide bonds. The van der Waals surface area contributed by atoms with Gasteiger partial charge in [-0.2, -0.15) is 0 Å². The van der Waals surface area contributed by atoms with Crippen LogP contribution in [-0.4, -0.2) is 29.1 Å². The van der Waals surface area contributed by atoms with Crippen LogP contribution in [0, 0.1) is 16.0 Å². The van der Waals surface area contributed by atoms with Crippen molar-refractivity contribution in [2.24, 2.45) is 5.92 Å². The first-order valence-electron chi connectivity index (χ1n) is 6.88. The van der Waals surface area contributed by atoms with Crippen LogP contribution >= 0.6 is 11.6 Å². The monoisotopic (exact) mass is 312 g/mol. The zero-order valence-electron chi connectivity index (χ0n) is 11.5. The van der Waals surface area contributed by atoms with Gasteiger partial charge in [-0.15, -0.1) is 0 Å². The highest BCUT2D eigenvalue weighted by Crippen LogP contribution is 2.33. The molecule has 0 saturated carbocycles. The largest absolute Gasteiger partial charge is 0.481 e. The molecular formula is C14H17ClN2O4. The van der Waals surface area contributed by atoms with Crippen molar-refractivity contribution < 1.29 is 14.8 Å². The number of carboxylic acid groups (broad SMARTS) is 1. The van der Waals surface area contributed by atoms with Gasteiger partial charge in [0.25, 0.3) is 5.69 Å². The van der Waals surface area contributed by atoms with E-state index in [1.807, 2.05) is 0 Å². The Kier molecular flexibility index (Phi) is 5.01. The minimum Gasteiger partial charge on any atom is -0.481 e. The molecule has 1 aromatic carbocycles. The van der Waals surface area contributed by atoms with E-state index in [1.165, 1.54) is 12.1 Å². The van der Waals surface area contributed by atoms with Gasteiger partial charge in [0, 0.05) is 31.6 Å². The second-order valence-electron chi connectivity index (χ2n) is 5.26. The standard InChI is InChI=1S/C14H17ClN2O4/c15-12-9-11(17(20)21)2-3-13(12)16-7-5-10(6-8-16)1-4-14(18)19/h2-3,9-10H,1,4-8H2,(H,18,19). The number of piperidine rings is 1. The molecule has 0 bridgehead atoms. The van der Waals surface area contributed by atoms with Crippen molar-refractivity contribution in [3.63, 3.8) is 0 Å². The fraction of sp³-hybridized carbons (Fsp3) is 0.500. The molecular weight excluding hydrogens is 296 g/mol. The lowest BCUT2D eigenvalue weighted by Crippen LogP contribution is -2.34. The van der Waals surface area contributed by atoms with E-state index in [9.17, 15) is 14.9 Å². The summed E-state index contributed by atoms with van der Waals surface area (Å²) in [7, 11) is 0. The molecule has 6 nitrogen and oxygen atoms in total. The number of hydrogen-bond donors (Lipinski definition) is 1. The smallest absolute Gasteiger partial charge is 0.303 e. The van der Waals surface area contributed by atoms with Crippen molar-refractivity contribution in [1.29, 1.82) is 0 Å². The zero-order chi connectivity index (χ0) is 15.4. The van der Waals surface area contributed by atoms with Crippen LogP contribution in [0.1, 0.15) is 25.7 Å². The topological polar surface area (TPSA) is 83.7 Å². The Morgan fingerprint density at radius 1 is 1.43 bits per heavy atom. The Morgan fingerprint density at radius 3 is 2.62 bits per heavy atom. The van der Waals surface area contributed by atoms with Crippen LogP contribution in [0.3, 0.4) is 0 Å². The number of hydrogen-bond acceptors (Lipinski definition) is 4. The first-order chi connectivity index (χ1) is 9.97. The number of benzene rings is 1. The molecule has 0 spiro atoms. The van der Waals surface area contributed by atoms with Crippen molar-refractivity contribution >= 4 is 28.9 Å². The van der Waals surface area contributed by atoms with Crippen LogP contribution < -0.4 is 4.90 Å². The number of nitro groups is 1. The van der Waals surface area contributed by atoms with Gasteiger partial charge in [0.05, 0.1) is 15.6 Å². The average Bonchev–Trinajstić information content (AvgIpc) is 2.45. The molecule has 7 heteroatoms. The van der Waals surface area contributed by atoms with Crippen LogP contribution in [0.2, 0.25) is 5.02 Å². The summed E-state index contributed by atoms with van der Waals surface area (Å²) in [5.74, 6) is -0.329. The van der Waals surface area contributed by atoms with Gasteiger partial charge in [-0.25, -0.2) is 0 Å². The summed E-state index contributed by atoms with van der Waals surface area (Å²) in [6, 6.07) is 4.50. The molecule has 1 saturated heterocycles. The number of aliphatic carboxylic acids is 1. The zero-order valence-corrected chi connectivity index (χ0v) is 12.3. The van der Waals surface area contributed by atoms with Gasteiger partial charge in [-0.3, -0.25) is 14.9 Å². The maximum Gasteiger partial charge on any atom is 0.303 e. The number of anilines is 1. The van der Waals surface area contributed by atoms with E-state index in [1.54, 1.807) is 6.07 Å². The third-order valence-electron chi connectivity index (χ3n) is 3.86. The lowest BCUT2D eigenvalue weighted by Gasteiger charge is -2.34. The quantitative estimate of drug-likeness (QED) is 0.666. The SMILES string of the molecule is O=C(O)CCC1CCN(c2ccc([N+](=O)[O-])cc2Cl)CC1. The molecule has 0 radical (unpaired) electrons. The van der Waals surface area contributed by atoms with Crippen LogP contribution in [0.5, 0.6) is 0 Å². The third kappa shape index (κ3) is 4.07. The van der Waals surface area contributed by atoms with E-state index in [4.69, 9.17) is 16.7 Å². The van der Waals surface area contributed by atoms with Crippen LogP contribution in [-0.2, 0) is 4.79 Å². The molecule has 0 aromatic heterocycles. The fourth-order valence-corrected chi connectivity index (χ4v) is 2.95. The lowest BCUT2D eigenvalue weighted by atomic mass is 9.92. The van der Waals surface area contributed by atoms with Crippen molar-refractivity contribution in [1.82, 2.24) is 0 Å². The Balaban J connectivity index is 1.96. The molecule has 1 aromatic rings. The predicted octanol–water partition coefficient (Wildman–Crippen LogP) is 3.33. The molecule has 1 aliphatic rings. The second kappa shape index (κ2) is 6.76. The average molecular weight is 313 g/mol. The van der Waals surface area contributed by atoms with Crippen molar-refractivity contribution in [2.45, 2.75) is 25.7 Å². The molecule has 1 heterocycles. The van der Waals surface area contributed by atoms with E-state index < -0.39 is 10.9 Å². The molecule has 1 N–H and O–H groups in total. The van der Waals surface area contributed by atoms with Gasteiger partial charge in [-0.1, -0.05) is 11.6 Å². The summed E-state index contributed by atoms with van der Waals surface area (Å²) in [6.07, 6.45) is 2.75. The molecule has 1 aliphatic heterocycles. The normalized spacial score (nSPS) is 16.0. The molecule has 1 fully saturated rings. The predicted molar refractivity (Wildman–Crippen MR) is 79.9 cm³/mol. The van der Waals surface area contributed by atoms with E-state index in [2.05, 4.69) is 4.90 Å². The Morgan fingerprint density at radius 2 is 2.10 bits per heavy atom. The fourth-order valence-electron chi connectivity index (χ4n) is 2.66. The van der Waals surface area contributed by atoms with Crippen LogP contribution in [0.15, 0.2) is 18.2 Å². The number of nitro benzene ring substituents is 1. The van der Waals surface area contributed by atoms with E-state index >= 15 is 0 Å². The highest BCUT2D eigenvalue weighted by atomic mass is 35.5. The number of non-ortho nitro benzene ring substituents is 1. The third-order valence-corrected chi connectivity index (χ3v) is 4.17. The van der Waals surface area contributed by atoms with E-state index in [-0.39, 0.29) is 12.1 Å². The first kappa shape index (κ1) is 15.6. The molecule has 0 unspecified atom stereocenters. The number of carbonyl (C=O) groups is 1. The summed E-state index contributed by atoms with van der Waals surface area (Å²) >= 11 is 6.12. The Bertz CT molecular complexity index is 542. The van der Waals surface area contributed by atoms with Gasteiger partial charge < -0.3 is 10.0 Å². The Labute approximate surface area is 127 Å². The number of nitrogens with zero attached hydrogens (tertiary/aromatic N) is 2. The molecule has 21 heavy (non-hydrogen) atoms. The highest BCUT2D eigenvalue weighted by molar-refractivity contribution is 6.33. The van der Waals surface area contributed by atoms with Gasteiger partial charge in [-0.05, 0) is 31.2 Å². The van der Waals surface area contributed by atoms with Crippen molar-refractivity contribution in [3.05, 3.63) is 33.3 Å².